The van der Waals surface area contributed by atoms with Crippen molar-refractivity contribution in [3.05, 3.63) is 28.2 Å². The lowest BCUT2D eigenvalue weighted by atomic mass is 9.80. The molecule has 6 heteroatoms. The zero-order valence-electron chi connectivity index (χ0n) is 10.3. The Bertz CT molecular complexity index is 439. The highest BCUT2D eigenvalue weighted by molar-refractivity contribution is 9.10. The number of nitrogens with one attached hydrogen (secondary N) is 1. The Morgan fingerprint density at radius 2 is 2.16 bits per heavy atom. The van der Waals surface area contributed by atoms with Crippen LogP contribution in [0.3, 0.4) is 0 Å². The molecule has 2 rings (SSSR count). The van der Waals surface area contributed by atoms with Gasteiger partial charge in [0, 0.05) is 23.1 Å². The number of hydrogen-bond donors (Lipinski definition) is 2. The predicted octanol–water partition coefficient (Wildman–Crippen LogP) is 3.06. The van der Waals surface area contributed by atoms with Crippen molar-refractivity contribution in [2.75, 3.05) is 6.54 Å². The van der Waals surface area contributed by atoms with Gasteiger partial charge in [-0.3, -0.25) is 0 Å². The maximum atomic E-state index is 12.3. The first-order valence-corrected chi connectivity index (χ1v) is 6.94. The van der Waals surface area contributed by atoms with E-state index in [-0.39, 0.29) is 5.75 Å². The lowest BCUT2D eigenvalue weighted by Crippen LogP contribution is -2.46. The SMILES string of the molecule is OC1(CNCc2cc(Br)ccc2OC(F)F)CCC1. The molecule has 1 saturated carbocycles. The van der Waals surface area contributed by atoms with Gasteiger partial charge in [0.1, 0.15) is 5.75 Å². The first kappa shape index (κ1) is 14.7. The number of ether oxygens (including phenoxy) is 1. The van der Waals surface area contributed by atoms with Crippen LogP contribution in [0.4, 0.5) is 8.78 Å². The highest BCUT2D eigenvalue weighted by atomic mass is 79.9. The van der Waals surface area contributed by atoms with E-state index in [2.05, 4.69) is 26.0 Å². The zero-order valence-corrected chi connectivity index (χ0v) is 11.9. The molecule has 3 nitrogen and oxygen atoms in total. The monoisotopic (exact) mass is 335 g/mol. The van der Waals surface area contributed by atoms with E-state index in [4.69, 9.17) is 0 Å². The average Bonchev–Trinajstić information content (AvgIpc) is 2.30. The lowest BCUT2D eigenvalue weighted by Gasteiger charge is -2.36. The van der Waals surface area contributed by atoms with Gasteiger partial charge in [-0.15, -0.1) is 0 Å². The van der Waals surface area contributed by atoms with Gasteiger partial charge in [-0.1, -0.05) is 15.9 Å². The Labute approximate surface area is 119 Å². The second-order valence-electron chi connectivity index (χ2n) is 4.81. The van der Waals surface area contributed by atoms with Crippen molar-refractivity contribution in [1.29, 1.82) is 0 Å². The summed E-state index contributed by atoms with van der Waals surface area (Å²) in [5.41, 5.74) is 0.00745. The van der Waals surface area contributed by atoms with E-state index in [1.165, 1.54) is 6.07 Å². The van der Waals surface area contributed by atoms with Crippen LogP contribution in [0.5, 0.6) is 5.75 Å². The van der Waals surface area contributed by atoms with Crippen LogP contribution in [0.2, 0.25) is 0 Å². The number of hydrogen-bond acceptors (Lipinski definition) is 3. The molecular weight excluding hydrogens is 320 g/mol. The average molecular weight is 336 g/mol. The molecule has 0 amide bonds. The minimum Gasteiger partial charge on any atom is -0.434 e. The minimum absolute atomic E-state index is 0.159. The Balaban J connectivity index is 1.95. The van der Waals surface area contributed by atoms with E-state index in [0.717, 1.165) is 23.7 Å². The van der Waals surface area contributed by atoms with Crippen LogP contribution in [-0.2, 0) is 6.54 Å². The van der Waals surface area contributed by atoms with Gasteiger partial charge in [0.15, 0.2) is 0 Å². The first-order valence-electron chi connectivity index (χ1n) is 6.15. The number of halogens is 3. The molecule has 106 valence electrons. The quantitative estimate of drug-likeness (QED) is 0.839. The maximum absolute atomic E-state index is 12.3. The summed E-state index contributed by atoms with van der Waals surface area (Å²) in [5, 5.41) is 13.0. The topological polar surface area (TPSA) is 41.5 Å². The molecule has 0 aliphatic heterocycles. The van der Waals surface area contributed by atoms with Crippen LogP contribution in [0.25, 0.3) is 0 Å². The largest absolute Gasteiger partial charge is 0.434 e. The molecule has 2 N–H and O–H groups in total. The summed E-state index contributed by atoms with van der Waals surface area (Å²) in [5.74, 6) is 0.159. The molecule has 19 heavy (non-hydrogen) atoms. The van der Waals surface area contributed by atoms with Gasteiger partial charge in [-0.05, 0) is 37.5 Å². The maximum Gasteiger partial charge on any atom is 0.387 e. The summed E-state index contributed by atoms with van der Waals surface area (Å²) in [6, 6.07) is 4.89. The lowest BCUT2D eigenvalue weighted by molar-refractivity contribution is -0.0509. The molecule has 1 fully saturated rings. The molecule has 1 aromatic carbocycles. The summed E-state index contributed by atoms with van der Waals surface area (Å²) in [4.78, 5) is 0. The van der Waals surface area contributed by atoms with Crippen molar-refractivity contribution in [2.45, 2.75) is 38.0 Å². The van der Waals surface area contributed by atoms with Crippen molar-refractivity contribution in [1.82, 2.24) is 5.32 Å². The Morgan fingerprint density at radius 3 is 2.74 bits per heavy atom. The number of rotatable bonds is 6. The Hall–Kier alpha value is -0.720. The van der Waals surface area contributed by atoms with E-state index < -0.39 is 12.2 Å². The van der Waals surface area contributed by atoms with Crippen LogP contribution < -0.4 is 10.1 Å². The van der Waals surface area contributed by atoms with Gasteiger partial charge in [0.05, 0.1) is 5.60 Å². The third kappa shape index (κ3) is 4.12. The summed E-state index contributed by atoms with van der Waals surface area (Å²) in [6.07, 6.45) is 2.62. The Kier molecular flexibility index (Phi) is 4.76. The summed E-state index contributed by atoms with van der Waals surface area (Å²) in [7, 11) is 0. The summed E-state index contributed by atoms with van der Waals surface area (Å²) < 4.78 is 29.8. The van der Waals surface area contributed by atoms with Gasteiger partial charge >= 0.3 is 6.61 Å². The second-order valence-corrected chi connectivity index (χ2v) is 5.73. The van der Waals surface area contributed by atoms with Gasteiger partial charge < -0.3 is 15.2 Å². The van der Waals surface area contributed by atoms with Gasteiger partial charge in [-0.2, -0.15) is 8.78 Å². The van der Waals surface area contributed by atoms with Crippen LogP contribution in [-0.4, -0.2) is 23.9 Å². The Morgan fingerprint density at radius 1 is 1.42 bits per heavy atom. The molecule has 1 aromatic rings. The molecule has 0 radical (unpaired) electrons. The van der Waals surface area contributed by atoms with E-state index in [9.17, 15) is 13.9 Å². The van der Waals surface area contributed by atoms with Crippen molar-refractivity contribution >= 4 is 15.9 Å². The van der Waals surface area contributed by atoms with Gasteiger partial charge in [0.25, 0.3) is 0 Å². The standard InChI is InChI=1S/C13H16BrF2NO2/c14-10-2-3-11(19-12(15)16)9(6-10)7-17-8-13(18)4-1-5-13/h2-3,6,12,17-18H,1,4-5,7-8H2. The number of benzene rings is 1. The van der Waals surface area contributed by atoms with Crippen LogP contribution in [0, 0.1) is 0 Å². The van der Waals surface area contributed by atoms with E-state index in [0.29, 0.717) is 18.7 Å². The molecule has 0 bridgehead atoms. The van der Waals surface area contributed by atoms with E-state index in [1.807, 2.05) is 0 Å². The first-order chi connectivity index (χ1) is 8.98. The summed E-state index contributed by atoms with van der Waals surface area (Å²) in [6.45, 7) is -1.99. The van der Waals surface area contributed by atoms with Crippen LogP contribution >= 0.6 is 15.9 Å². The van der Waals surface area contributed by atoms with Crippen molar-refractivity contribution in [3.63, 3.8) is 0 Å². The molecule has 0 saturated heterocycles. The molecule has 0 aromatic heterocycles. The molecule has 0 spiro atoms. The third-order valence-electron chi connectivity index (χ3n) is 3.29. The highest BCUT2D eigenvalue weighted by Gasteiger charge is 2.33. The zero-order chi connectivity index (χ0) is 13.9. The predicted molar refractivity (Wildman–Crippen MR) is 71.3 cm³/mol. The molecule has 1 aliphatic rings. The van der Waals surface area contributed by atoms with E-state index in [1.54, 1.807) is 12.1 Å². The van der Waals surface area contributed by atoms with Gasteiger partial charge in [-0.25, -0.2) is 0 Å². The van der Waals surface area contributed by atoms with Gasteiger partial charge in [0.2, 0.25) is 0 Å². The van der Waals surface area contributed by atoms with Crippen molar-refractivity contribution in [2.24, 2.45) is 0 Å². The molecule has 0 atom stereocenters. The molecular formula is C13H16BrF2NO2. The molecule has 0 heterocycles. The summed E-state index contributed by atoms with van der Waals surface area (Å²) >= 11 is 3.30. The fraction of sp³-hybridized carbons (Fsp3) is 0.538. The minimum atomic E-state index is -2.84. The fourth-order valence-corrected chi connectivity index (χ4v) is 2.50. The van der Waals surface area contributed by atoms with Crippen LogP contribution in [0.1, 0.15) is 24.8 Å². The highest BCUT2D eigenvalue weighted by Crippen LogP contribution is 2.31. The van der Waals surface area contributed by atoms with E-state index >= 15 is 0 Å². The molecule has 1 aliphatic carbocycles. The number of alkyl halides is 2. The third-order valence-corrected chi connectivity index (χ3v) is 3.79. The second kappa shape index (κ2) is 6.15. The smallest absolute Gasteiger partial charge is 0.387 e. The number of aliphatic hydroxyl groups is 1. The van der Waals surface area contributed by atoms with Crippen molar-refractivity contribution in [3.8, 4) is 5.75 Å². The normalized spacial score (nSPS) is 17.3. The van der Waals surface area contributed by atoms with Crippen LogP contribution in [0.15, 0.2) is 22.7 Å². The fourth-order valence-electron chi connectivity index (χ4n) is 2.09. The van der Waals surface area contributed by atoms with Crippen molar-refractivity contribution < 1.29 is 18.6 Å². The molecule has 0 unspecified atom stereocenters.